The average molecular weight is 223 g/mol. The summed E-state index contributed by atoms with van der Waals surface area (Å²) in [4.78, 5) is 11.5. The number of aryl methyl sites for hydroxylation is 2. The zero-order valence-corrected chi connectivity index (χ0v) is 9.53. The Morgan fingerprint density at radius 3 is 2.88 bits per heavy atom. The molecule has 0 aliphatic heterocycles. The number of rotatable bonds is 5. The molecule has 0 saturated heterocycles. The van der Waals surface area contributed by atoms with Crippen LogP contribution in [0.1, 0.15) is 37.5 Å². The van der Waals surface area contributed by atoms with Gasteiger partial charge in [-0.15, -0.1) is 10.2 Å². The lowest BCUT2D eigenvalue weighted by atomic mass is 9.85. The number of carbonyl (C=O) groups is 1. The number of hydrogen-bond acceptors (Lipinski definition) is 4. The number of aromatic nitrogens is 2. The van der Waals surface area contributed by atoms with Crippen LogP contribution in [0.3, 0.4) is 0 Å². The number of hydrogen-bond donors (Lipinski definition) is 1. The van der Waals surface area contributed by atoms with Gasteiger partial charge in [-0.2, -0.15) is 0 Å². The molecule has 0 radical (unpaired) electrons. The maximum absolute atomic E-state index is 11.5. The van der Waals surface area contributed by atoms with Crippen molar-refractivity contribution in [1.29, 1.82) is 0 Å². The van der Waals surface area contributed by atoms with Gasteiger partial charge < -0.3 is 9.73 Å². The summed E-state index contributed by atoms with van der Waals surface area (Å²) < 4.78 is 5.24. The van der Waals surface area contributed by atoms with Crippen LogP contribution in [0.5, 0.6) is 0 Å². The fraction of sp³-hybridized carbons (Fsp3) is 0.727. The Hall–Kier alpha value is -1.39. The standard InChI is InChI=1S/C11H17N3O2/c1-8-13-14-10(16-8)6-3-7-12-11(15)9-4-2-5-9/h9H,2-7H2,1H3,(H,12,15). The number of nitrogens with one attached hydrogen (secondary N) is 1. The monoisotopic (exact) mass is 223 g/mol. The van der Waals surface area contributed by atoms with Gasteiger partial charge in [0.1, 0.15) is 0 Å². The van der Waals surface area contributed by atoms with E-state index in [2.05, 4.69) is 15.5 Å². The lowest BCUT2D eigenvalue weighted by molar-refractivity contribution is -0.127. The first-order chi connectivity index (χ1) is 7.75. The highest BCUT2D eigenvalue weighted by Gasteiger charge is 2.24. The van der Waals surface area contributed by atoms with E-state index in [0.717, 1.165) is 25.7 Å². The molecule has 16 heavy (non-hydrogen) atoms. The molecule has 5 heteroatoms. The molecule has 88 valence electrons. The van der Waals surface area contributed by atoms with Crippen molar-refractivity contribution in [1.82, 2.24) is 15.5 Å². The van der Waals surface area contributed by atoms with Gasteiger partial charge in [-0.1, -0.05) is 6.42 Å². The highest BCUT2D eigenvalue weighted by Crippen LogP contribution is 2.26. The van der Waals surface area contributed by atoms with Gasteiger partial charge in [-0.3, -0.25) is 4.79 Å². The van der Waals surface area contributed by atoms with Crippen LogP contribution in [0.2, 0.25) is 0 Å². The summed E-state index contributed by atoms with van der Waals surface area (Å²) >= 11 is 0. The maximum atomic E-state index is 11.5. The molecule has 0 spiro atoms. The molecular weight excluding hydrogens is 206 g/mol. The van der Waals surface area contributed by atoms with E-state index in [1.807, 2.05) is 0 Å². The summed E-state index contributed by atoms with van der Waals surface area (Å²) in [7, 11) is 0. The molecule has 1 heterocycles. The Kier molecular flexibility index (Phi) is 3.54. The van der Waals surface area contributed by atoms with E-state index in [9.17, 15) is 4.79 Å². The molecule has 1 N–H and O–H groups in total. The van der Waals surface area contributed by atoms with Crippen molar-refractivity contribution in [3.8, 4) is 0 Å². The van der Waals surface area contributed by atoms with Crippen molar-refractivity contribution in [3.63, 3.8) is 0 Å². The first kappa shape index (κ1) is 11.1. The summed E-state index contributed by atoms with van der Waals surface area (Å²) in [5.74, 6) is 1.71. The van der Waals surface area contributed by atoms with Crippen molar-refractivity contribution < 1.29 is 9.21 Å². The Morgan fingerprint density at radius 2 is 2.31 bits per heavy atom. The van der Waals surface area contributed by atoms with Crippen LogP contribution in [-0.2, 0) is 11.2 Å². The molecule has 0 bridgehead atoms. The van der Waals surface area contributed by atoms with Crippen LogP contribution < -0.4 is 5.32 Å². The first-order valence-electron chi connectivity index (χ1n) is 5.82. The van der Waals surface area contributed by atoms with Crippen LogP contribution in [0.25, 0.3) is 0 Å². The third kappa shape index (κ3) is 2.81. The molecule has 1 aromatic heterocycles. The smallest absolute Gasteiger partial charge is 0.223 e. The molecule has 0 unspecified atom stereocenters. The number of amides is 1. The van der Waals surface area contributed by atoms with Crippen LogP contribution in [0, 0.1) is 12.8 Å². The Balaban J connectivity index is 1.59. The van der Waals surface area contributed by atoms with E-state index in [-0.39, 0.29) is 11.8 Å². The third-order valence-corrected chi connectivity index (χ3v) is 2.91. The molecular formula is C11H17N3O2. The highest BCUT2D eigenvalue weighted by molar-refractivity contribution is 5.79. The lowest BCUT2D eigenvalue weighted by Gasteiger charge is -2.23. The number of carbonyl (C=O) groups excluding carboxylic acids is 1. The summed E-state index contributed by atoms with van der Waals surface area (Å²) in [5, 5.41) is 10.6. The predicted octanol–water partition coefficient (Wildman–Crippen LogP) is 1.23. The largest absolute Gasteiger partial charge is 0.426 e. The number of nitrogens with zero attached hydrogens (tertiary/aromatic N) is 2. The van der Waals surface area contributed by atoms with Crippen LogP contribution in [0.4, 0.5) is 0 Å². The Labute approximate surface area is 94.6 Å². The second-order valence-electron chi connectivity index (χ2n) is 4.24. The minimum absolute atomic E-state index is 0.202. The summed E-state index contributed by atoms with van der Waals surface area (Å²) in [6.45, 7) is 2.46. The molecule has 1 aliphatic carbocycles. The fourth-order valence-electron chi connectivity index (χ4n) is 1.70. The second-order valence-corrected chi connectivity index (χ2v) is 4.24. The normalized spacial score (nSPS) is 15.8. The van der Waals surface area contributed by atoms with E-state index >= 15 is 0 Å². The minimum Gasteiger partial charge on any atom is -0.426 e. The Bertz CT molecular complexity index is 358. The van der Waals surface area contributed by atoms with Gasteiger partial charge in [0.25, 0.3) is 0 Å². The van der Waals surface area contributed by atoms with Crippen molar-refractivity contribution >= 4 is 5.91 Å². The fourth-order valence-corrected chi connectivity index (χ4v) is 1.70. The van der Waals surface area contributed by atoms with E-state index < -0.39 is 0 Å². The molecule has 0 atom stereocenters. The van der Waals surface area contributed by atoms with Crippen molar-refractivity contribution in [2.75, 3.05) is 6.54 Å². The van der Waals surface area contributed by atoms with Crippen molar-refractivity contribution in [2.45, 2.75) is 39.0 Å². The van der Waals surface area contributed by atoms with E-state index in [1.54, 1.807) is 6.92 Å². The van der Waals surface area contributed by atoms with Crippen molar-refractivity contribution in [3.05, 3.63) is 11.8 Å². The SMILES string of the molecule is Cc1nnc(CCCNC(=O)C2CCC2)o1. The molecule has 1 amide bonds. The first-order valence-corrected chi connectivity index (χ1v) is 5.82. The summed E-state index contributed by atoms with van der Waals surface area (Å²) in [6, 6.07) is 0. The predicted molar refractivity (Wildman–Crippen MR) is 57.7 cm³/mol. The molecule has 1 fully saturated rings. The minimum atomic E-state index is 0.202. The third-order valence-electron chi connectivity index (χ3n) is 2.91. The molecule has 1 saturated carbocycles. The van der Waals surface area contributed by atoms with Gasteiger partial charge in [0.15, 0.2) is 0 Å². The molecule has 1 aliphatic rings. The zero-order chi connectivity index (χ0) is 11.4. The van der Waals surface area contributed by atoms with E-state index in [0.29, 0.717) is 18.3 Å². The van der Waals surface area contributed by atoms with Gasteiger partial charge in [-0.05, 0) is 19.3 Å². The quantitative estimate of drug-likeness (QED) is 0.762. The van der Waals surface area contributed by atoms with Gasteiger partial charge in [0.2, 0.25) is 17.7 Å². The van der Waals surface area contributed by atoms with Gasteiger partial charge in [0.05, 0.1) is 0 Å². The van der Waals surface area contributed by atoms with Crippen LogP contribution in [0.15, 0.2) is 4.42 Å². The van der Waals surface area contributed by atoms with Crippen molar-refractivity contribution in [2.24, 2.45) is 5.92 Å². The summed E-state index contributed by atoms with van der Waals surface area (Å²) in [5.41, 5.74) is 0. The molecule has 0 aromatic carbocycles. The van der Waals surface area contributed by atoms with E-state index in [1.165, 1.54) is 6.42 Å². The second kappa shape index (κ2) is 5.09. The average Bonchev–Trinajstić information content (AvgIpc) is 2.56. The lowest BCUT2D eigenvalue weighted by Crippen LogP contribution is -2.35. The van der Waals surface area contributed by atoms with Gasteiger partial charge >= 0.3 is 0 Å². The highest BCUT2D eigenvalue weighted by atomic mass is 16.4. The summed E-state index contributed by atoms with van der Waals surface area (Å²) in [6.07, 6.45) is 4.87. The zero-order valence-electron chi connectivity index (χ0n) is 9.53. The van der Waals surface area contributed by atoms with E-state index in [4.69, 9.17) is 4.42 Å². The van der Waals surface area contributed by atoms with Crippen LogP contribution in [-0.4, -0.2) is 22.6 Å². The van der Waals surface area contributed by atoms with Crippen LogP contribution >= 0.6 is 0 Å². The molecule has 5 nitrogen and oxygen atoms in total. The Morgan fingerprint density at radius 1 is 1.50 bits per heavy atom. The maximum Gasteiger partial charge on any atom is 0.223 e. The molecule has 1 aromatic rings. The topological polar surface area (TPSA) is 68.0 Å². The van der Waals surface area contributed by atoms with Gasteiger partial charge in [-0.25, -0.2) is 0 Å². The molecule has 2 rings (SSSR count). The van der Waals surface area contributed by atoms with Gasteiger partial charge in [0, 0.05) is 25.8 Å².